The highest BCUT2D eigenvalue weighted by Crippen LogP contribution is 2.24. The van der Waals surface area contributed by atoms with Crippen molar-refractivity contribution in [3.8, 4) is 17.1 Å². The Morgan fingerprint density at radius 1 is 0.485 bits per heavy atom. The first kappa shape index (κ1) is 53.8. The Labute approximate surface area is 402 Å². The van der Waals surface area contributed by atoms with Gasteiger partial charge in [0.25, 0.3) is 0 Å². The zero-order chi connectivity index (χ0) is 48.8. The Balaban J connectivity index is 0.000000443. The van der Waals surface area contributed by atoms with Crippen molar-refractivity contribution in [2.24, 2.45) is 0 Å². The lowest BCUT2D eigenvalue weighted by molar-refractivity contribution is -0.116. The Bertz CT molecular complexity index is 2220. The minimum Gasteiger partial charge on any atom is -0.314 e. The van der Waals surface area contributed by atoms with Crippen molar-refractivity contribution >= 4 is 69.6 Å². The van der Waals surface area contributed by atoms with E-state index in [4.69, 9.17) is 34.8 Å². The third-order valence-electron chi connectivity index (χ3n) is 12.1. The van der Waals surface area contributed by atoms with Gasteiger partial charge in [0.2, 0.25) is 17.7 Å². The first-order valence-electron chi connectivity index (χ1n) is 22.2. The molecular weight excluding hydrogens is 907 g/mol. The molecular formula is C47H65Cl3N10O6. The molecule has 2 heterocycles. The lowest BCUT2D eigenvalue weighted by Gasteiger charge is -2.30. The van der Waals surface area contributed by atoms with Gasteiger partial charge in [0.1, 0.15) is 17.6 Å². The molecule has 19 heteroatoms. The summed E-state index contributed by atoms with van der Waals surface area (Å²) in [5.74, 6) is -1.79. The first-order valence-corrected chi connectivity index (χ1v) is 23.8. The van der Waals surface area contributed by atoms with Crippen molar-refractivity contribution in [1.82, 2.24) is 33.7 Å². The van der Waals surface area contributed by atoms with E-state index in [1.54, 1.807) is 78.3 Å². The summed E-state index contributed by atoms with van der Waals surface area (Å²) in [5.41, 5.74) is 0.509. The fraction of sp³-hybridized carbons (Fsp3) is 0.489. The van der Waals surface area contributed by atoms with Gasteiger partial charge in [0, 0.05) is 90.6 Å². The van der Waals surface area contributed by atoms with Gasteiger partial charge < -0.3 is 34.7 Å². The molecule has 1 saturated heterocycles. The zero-order valence-electron chi connectivity index (χ0n) is 39.7. The standard InChI is InChI=1S/C33H33Cl3N6O6.C14H32N4/c1-19-13-22(37(4)28(43)16-34)7-10-25(19)40-31(46)41(26-11-8-23(14-20(26)2)38(5)29(44)17-35)33(48)42(32(40)47)27-12-9-24(15-21(27)3)39(6)30(45)18-36;1-4-16-9-7-15-8-10-17(5-2)12-14-18(6-3)13-11-16/h7-15H,16-18H2,1-6H3;15H,4-14H2,1-3H3. The van der Waals surface area contributed by atoms with Crippen LogP contribution >= 0.6 is 34.8 Å². The highest BCUT2D eigenvalue weighted by molar-refractivity contribution is 6.30. The number of hydrogen-bond donors (Lipinski definition) is 1. The topological polar surface area (TPSA) is 149 Å². The van der Waals surface area contributed by atoms with Crippen LogP contribution in [0.2, 0.25) is 0 Å². The number of rotatable bonds is 12. The first-order chi connectivity index (χ1) is 31.5. The number of amides is 3. The van der Waals surface area contributed by atoms with E-state index in [-0.39, 0.29) is 52.4 Å². The zero-order valence-corrected chi connectivity index (χ0v) is 42.0. The maximum Gasteiger partial charge on any atom is 0.345 e. The molecule has 360 valence electrons. The van der Waals surface area contributed by atoms with Crippen LogP contribution in [-0.4, -0.2) is 157 Å². The van der Waals surface area contributed by atoms with Crippen LogP contribution in [0, 0.1) is 20.8 Å². The summed E-state index contributed by atoms with van der Waals surface area (Å²) in [7, 11) is 4.65. The Kier molecular flexibility index (Phi) is 20.7. The second-order valence-electron chi connectivity index (χ2n) is 16.1. The van der Waals surface area contributed by atoms with E-state index in [1.807, 2.05) is 0 Å². The van der Waals surface area contributed by atoms with E-state index in [1.165, 1.54) is 91.8 Å². The van der Waals surface area contributed by atoms with Crippen LogP contribution in [0.4, 0.5) is 17.1 Å². The molecule has 0 bridgehead atoms. The minimum atomic E-state index is -0.940. The van der Waals surface area contributed by atoms with Crippen molar-refractivity contribution in [2.75, 3.05) is 125 Å². The molecule has 16 nitrogen and oxygen atoms in total. The van der Waals surface area contributed by atoms with E-state index in [9.17, 15) is 28.8 Å². The summed E-state index contributed by atoms with van der Waals surface area (Å²) in [6, 6.07) is 14.1. The maximum atomic E-state index is 14.3. The molecule has 1 aliphatic heterocycles. The molecule has 1 N–H and O–H groups in total. The number of benzene rings is 3. The van der Waals surface area contributed by atoms with Crippen molar-refractivity contribution in [2.45, 2.75) is 41.5 Å². The predicted octanol–water partition coefficient (Wildman–Crippen LogP) is 4.22. The Hall–Kier alpha value is -4.81. The van der Waals surface area contributed by atoms with Crippen LogP contribution in [0.25, 0.3) is 17.1 Å². The third kappa shape index (κ3) is 13.0. The lowest BCUT2D eigenvalue weighted by Crippen LogP contribution is -2.53. The van der Waals surface area contributed by atoms with Gasteiger partial charge >= 0.3 is 17.1 Å². The molecule has 0 saturated carbocycles. The van der Waals surface area contributed by atoms with Crippen LogP contribution in [0.5, 0.6) is 0 Å². The van der Waals surface area contributed by atoms with Crippen LogP contribution < -0.4 is 37.1 Å². The second kappa shape index (κ2) is 25.4. The van der Waals surface area contributed by atoms with E-state index < -0.39 is 17.1 Å². The minimum absolute atomic E-state index is 0.173. The molecule has 0 unspecified atom stereocenters. The summed E-state index contributed by atoms with van der Waals surface area (Å²) < 4.78 is 2.66. The van der Waals surface area contributed by atoms with E-state index in [0.717, 1.165) is 26.8 Å². The maximum absolute atomic E-state index is 14.3. The van der Waals surface area contributed by atoms with Crippen LogP contribution in [-0.2, 0) is 14.4 Å². The molecule has 3 amide bonds. The largest absolute Gasteiger partial charge is 0.345 e. The third-order valence-corrected chi connectivity index (χ3v) is 12.7. The Morgan fingerprint density at radius 2 is 0.742 bits per heavy atom. The molecule has 0 aliphatic carbocycles. The normalized spacial score (nSPS) is 14.4. The number of alkyl halides is 3. The SMILES string of the molecule is CCN1CCNCCN(CC)CCN(CC)CC1.Cc1cc(N(C)C(=O)CCl)ccc1-n1c(=O)n(-c2ccc(N(C)C(=O)CCl)cc2C)c(=O)n(-c2ccc(N(C)C(=O)CCl)cc2C)c1=O. The van der Waals surface area contributed by atoms with Crippen LogP contribution in [0.1, 0.15) is 37.5 Å². The molecule has 5 rings (SSSR count). The number of halogens is 3. The number of aromatic nitrogens is 3. The smallest absolute Gasteiger partial charge is 0.314 e. The van der Waals surface area contributed by atoms with E-state index >= 15 is 0 Å². The van der Waals surface area contributed by atoms with Crippen molar-refractivity contribution in [3.63, 3.8) is 0 Å². The van der Waals surface area contributed by atoms with Gasteiger partial charge in [-0.05, 0) is 112 Å². The summed E-state index contributed by atoms with van der Waals surface area (Å²) in [6.07, 6.45) is 0. The van der Waals surface area contributed by atoms with Crippen molar-refractivity contribution in [3.05, 3.63) is 103 Å². The molecule has 1 aliphatic rings. The highest BCUT2D eigenvalue weighted by atomic mass is 35.5. The lowest BCUT2D eigenvalue weighted by atomic mass is 10.1. The van der Waals surface area contributed by atoms with Crippen LogP contribution in [0.15, 0.2) is 69.0 Å². The van der Waals surface area contributed by atoms with Gasteiger partial charge in [-0.25, -0.2) is 28.1 Å². The quantitative estimate of drug-likeness (QED) is 0.205. The molecule has 1 aromatic heterocycles. The number of likely N-dealkylation sites (N-methyl/N-ethyl adjacent to an activating group) is 3. The van der Waals surface area contributed by atoms with E-state index in [2.05, 4.69) is 40.8 Å². The molecule has 4 aromatic rings. The summed E-state index contributed by atoms with van der Waals surface area (Å²) in [6.45, 7) is 24.7. The van der Waals surface area contributed by atoms with Crippen LogP contribution in [0.3, 0.4) is 0 Å². The van der Waals surface area contributed by atoms with Gasteiger partial charge in [-0.1, -0.05) is 20.8 Å². The van der Waals surface area contributed by atoms with Crippen molar-refractivity contribution in [1.29, 1.82) is 0 Å². The number of nitrogens with one attached hydrogen (secondary N) is 1. The van der Waals surface area contributed by atoms with Gasteiger partial charge in [-0.15, -0.1) is 34.8 Å². The predicted molar refractivity (Wildman–Crippen MR) is 269 cm³/mol. The van der Waals surface area contributed by atoms with Gasteiger partial charge in [-0.3, -0.25) is 14.4 Å². The summed E-state index contributed by atoms with van der Waals surface area (Å²) in [4.78, 5) is 91.2. The number of anilines is 3. The molecule has 0 spiro atoms. The fourth-order valence-electron chi connectivity index (χ4n) is 7.61. The van der Waals surface area contributed by atoms with E-state index in [0.29, 0.717) is 33.8 Å². The number of aryl methyl sites for hydroxylation is 3. The molecule has 0 atom stereocenters. The number of carbonyl (C=O) groups excluding carboxylic acids is 3. The monoisotopic (exact) mass is 970 g/mol. The molecule has 0 radical (unpaired) electrons. The highest BCUT2D eigenvalue weighted by Gasteiger charge is 2.24. The van der Waals surface area contributed by atoms with Crippen molar-refractivity contribution < 1.29 is 14.4 Å². The van der Waals surface area contributed by atoms with Gasteiger partial charge in [0.15, 0.2) is 0 Å². The average molecular weight is 972 g/mol. The number of nitrogens with zero attached hydrogens (tertiary/aromatic N) is 9. The number of carbonyl (C=O) groups is 3. The average Bonchev–Trinajstić information content (AvgIpc) is 3.31. The molecule has 66 heavy (non-hydrogen) atoms. The van der Waals surface area contributed by atoms with Gasteiger partial charge in [-0.2, -0.15) is 0 Å². The summed E-state index contributed by atoms with van der Waals surface area (Å²) >= 11 is 17.2. The number of hydrogen-bond acceptors (Lipinski definition) is 10. The fourth-order valence-corrected chi connectivity index (χ4v) is 8.15. The second-order valence-corrected chi connectivity index (χ2v) is 16.9. The Morgan fingerprint density at radius 3 is 0.970 bits per heavy atom. The summed E-state index contributed by atoms with van der Waals surface area (Å²) in [5, 5.41) is 3.56. The molecule has 1 fully saturated rings. The van der Waals surface area contributed by atoms with Gasteiger partial charge in [0.05, 0.1) is 17.1 Å². The molecule has 3 aromatic carbocycles.